The highest BCUT2D eigenvalue weighted by Crippen LogP contribution is 2.22. The van der Waals surface area contributed by atoms with E-state index in [-0.39, 0.29) is 41.9 Å². The first kappa shape index (κ1) is 19.2. The summed E-state index contributed by atoms with van der Waals surface area (Å²) in [4.78, 5) is 41.4. The van der Waals surface area contributed by atoms with E-state index >= 15 is 0 Å². The van der Waals surface area contributed by atoms with Crippen LogP contribution in [0.3, 0.4) is 0 Å². The molecule has 2 aromatic carbocycles. The predicted octanol–water partition coefficient (Wildman–Crippen LogP) is 2.13. The molecule has 1 aliphatic heterocycles. The van der Waals surface area contributed by atoms with Crippen LogP contribution >= 0.6 is 0 Å². The smallest absolute Gasteiger partial charge is 0.326 e. The summed E-state index contributed by atoms with van der Waals surface area (Å²) in [6.07, 6.45) is 0. The van der Waals surface area contributed by atoms with Gasteiger partial charge in [-0.3, -0.25) is 19.3 Å². The van der Waals surface area contributed by atoms with Crippen molar-refractivity contribution in [3.05, 3.63) is 77.2 Å². The topological polar surface area (TPSA) is 112 Å². The molecular weight excluding hydrogens is 397 g/mol. The van der Waals surface area contributed by atoms with Crippen molar-refractivity contribution in [3.8, 4) is 5.75 Å². The zero-order chi connectivity index (χ0) is 21.1. The van der Waals surface area contributed by atoms with Gasteiger partial charge in [-0.2, -0.15) is 4.98 Å². The van der Waals surface area contributed by atoms with E-state index in [2.05, 4.69) is 10.1 Å². The molecule has 1 aliphatic rings. The molecule has 3 aromatic rings. The lowest BCUT2D eigenvalue weighted by atomic mass is 10.1. The van der Waals surface area contributed by atoms with Crippen molar-refractivity contribution >= 4 is 17.8 Å². The van der Waals surface area contributed by atoms with Gasteiger partial charge in [-0.1, -0.05) is 17.3 Å². The van der Waals surface area contributed by atoms with Crippen molar-refractivity contribution < 1.29 is 32.8 Å². The van der Waals surface area contributed by atoms with Crippen LogP contribution in [0.25, 0.3) is 0 Å². The van der Waals surface area contributed by atoms with Crippen LogP contribution in [0.1, 0.15) is 32.4 Å². The van der Waals surface area contributed by atoms with Gasteiger partial charge in [0.1, 0.15) is 18.1 Å². The molecule has 0 saturated heterocycles. The Hall–Kier alpha value is -4.08. The Balaban J connectivity index is 1.27. The second kappa shape index (κ2) is 8.11. The van der Waals surface area contributed by atoms with Crippen molar-refractivity contribution in [1.82, 2.24) is 15.0 Å². The maximum absolute atomic E-state index is 12.9. The molecular formula is C20H14FN3O6. The molecule has 0 atom stereocenters. The molecule has 0 radical (unpaired) electrons. The summed E-state index contributed by atoms with van der Waals surface area (Å²) in [5.74, 6) is -1.64. The van der Waals surface area contributed by atoms with Gasteiger partial charge in [0.05, 0.1) is 11.1 Å². The lowest BCUT2D eigenvalue weighted by Gasteiger charge is -2.12. The fourth-order valence-corrected chi connectivity index (χ4v) is 2.79. The number of esters is 1. The maximum atomic E-state index is 12.9. The number of imide groups is 1. The van der Waals surface area contributed by atoms with Gasteiger partial charge in [0.15, 0.2) is 13.2 Å². The molecule has 9 nitrogen and oxygen atoms in total. The monoisotopic (exact) mass is 411 g/mol. The number of halogens is 1. The van der Waals surface area contributed by atoms with Crippen LogP contribution in [0.5, 0.6) is 5.75 Å². The third-order valence-corrected chi connectivity index (χ3v) is 4.21. The zero-order valence-corrected chi connectivity index (χ0v) is 15.4. The van der Waals surface area contributed by atoms with E-state index in [1.807, 2.05) is 0 Å². The fraction of sp³-hybridized carbons (Fsp3) is 0.150. The van der Waals surface area contributed by atoms with E-state index in [4.69, 9.17) is 14.0 Å². The second-order valence-corrected chi connectivity index (χ2v) is 6.25. The quantitative estimate of drug-likeness (QED) is 0.429. The maximum Gasteiger partial charge on any atom is 0.326 e. The molecule has 0 aliphatic carbocycles. The molecule has 1 aromatic heterocycles. The molecule has 2 amide bonds. The number of carbonyl (C=O) groups excluding carboxylic acids is 3. The summed E-state index contributed by atoms with van der Waals surface area (Å²) in [7, 11) is 0. The average molecular weight is 411 g/mol. The Bertz CT molecular complexity index is 1080. The number of aromatic nitrogens is 2. The first-order valence-corrected chi connectivity index (χ1v) is 8.82. The summed E-state index contributed by atoms with van der Waals surface area (Å²) in [5, 5.41) is 3.69. The highest BCUT2D eigenvalue weighted by molar-refractivity contribution is 6.22. The number of carbonyl (C=O) groups is 3. The minimum atomic E-state index is -0.799. The van der Waals surface area contributed by atoms with E-state index in [9.17, 15) is 18.8 Å². The number of fused-ring (bicyclic) bond motifs is 1. The first-order valence-electron chi connectivity index (χ1n) is 8.82. The van der Waals surface area contributed by atoms with Gasteiger partial charge in [-0.15, -0.1) is 0 Å². The van der Waals surface area contributed by atoms with Crippen molar-refractivity contribution in [1.29, 1.82) is 0 Å². The van der Waals surface area contributed by atoms with Gasteiger partial charge in [0.25, 0.3) is 17.7 Å². The predicted molar refractivity (Wildman–Crippen MR) is 96.6 cm³/mol. The Morgan fingerprint density at radius 2 is 1.67 bits per heavy atom. The second-order valence-electron chi connectivity index (χ2n) is 6.25. The van der Waals surface area contributed by atoms with Crippen molar-refractivity contribution in [2.45, 2.75) is 13.2 Å². The van der Waals surface area contributed by atoms with E-state index in [0.29, 0.717) is 5.75 Å². The van der Waals surface area contributed by atoms with Crippen molar-refractivity contribution in [2.24, 2.45) is 0 Å². The van der Waals surface area contributed by atoms with Crippen LogP contribution in [-0.4, -0.2) is 39.4 Å². The van der Waals surface area contributed by atoms with Crippen LogP contribution < -0.4 is 4.74 Å². The van der Waals surface area contributed by atoms with Crippen LogP contribution in [-0.2, 0) is 22.7 Å². The van der Waals surface area contributed by atoms with E-state index in [1.54, 1.807) is 12.1 Å². The number of rotatable bonds is 7. The number of amides is 2. The summed E-state index contributed by atoms with van der Waals surface area (Å²) >= 11 is 0. The Morgan fingerprint density at radius 3 is 2.33 bits per heavy atom. The molecule has 152 valence electrons. The minimum Gasteiger partial charge on any atom is -0.485 e. The summed E-state index contributed by atoms with van der Waals surface area (Å²) < 4.78 is 28.2. The molecule has 0 unspecified atom stereocenters. The average Bonchev–Trinajstić information content (AvgIpc) is 3.31. The molecule has 10 heteroatoms. The number of nitrogens with zero attached hydrogens (tertiary/aromatic N) is 3. The van der Waals surface area contributed by atoms with Crippen molar-refractivity contribution in [2.75, 3.05) is 6.54 Å². The highest BCUT2D eigenvalue weighted by atomic mass is 19.1. The van der Waals surface area contributed by atoms with Gasteiger partial charge in [0.2, 0.25) is 5.82 Å². The van der Waals surface area contributed by atoms with Crippen molar-refractivity contribution in [3.63, 3.8) is 0 Å². The molecule has 0 saturated carbocycles. The number of hydrogen-bond donors (Lipinski definition) is 0. The number of benzene rings is 2. The molecule has 2 heterocycles. The zero-order valence-electron chi connectivity index (χ0n) is 15.4. The van der Waals surface area contributed by atoms with E-state index in [1.165, 1.54) is 36.4 Å². The Kier molecular flexibility index (Phi) is 5.21. The highest BCUT2D eigenvalue weighted by Gasteiger charge is 2.36. The van der Waals surface area contributed by atoms with Gasteiger partial charge in [-0.25, -0.2) is 4.39 Å². The first-order chi connectivity index (χ1) is 14.5. The standard InChI is InChI=1S/C20H14FN3O6/c21-12-5-7-13(8-6-12)28-10-16-22-17(30-23-16)11-29-18(25)9-24-19(26)14-3-1-2-4-15(14)20(24)27/h1-8H,9-11H2. The van der Waals surface area contributed by atoms with Gasteiger partial charge in [-0.05, 0) is 36.4 Å². The van der Waals surface area contributed by atoms with Gasteiger partial charge >= 0.3 is 5.97 Å². The van der Waals surface area contributed by atoms with E-state index < -0.39 is 24.3 Å². The third-order valence-electron chi connectivity index (χ3n) is 4.21. The number of hydrogen-bond acceptors (Lipinski definition) is 8. The SMILES string of the molecule is O=C(CN1C(=O)c2ccccc2C1=O)OCc1nc(COc2ccc(F)cc2)no1. The molecule has 0 N–H and O–H groups in total. The number of ether oxygens (including phenoxy) is 2. The summed E-state index contributed by atoms with van der Waals surface area (Å²) in [6.45, 7) is -0.884. The van der Waals surface area contributed by atoms with Gasteiger partial charge in [0, 0.05) is 0 Å². The molecule has 0 bridgehead atoms. The Labute approximate surface area is 169 Å². The fourth-order valence-electron chi connectivity index (χ4n) is 2.79. The largest absolute Gasteiger partial charge is 0.485 e. The molecule has 0 spiro atoms. The normalized spacial score (nSPS) is 12.8. The van der Waals surface area contributed by atoms with Crippen LogP contribution in [0.4, 0.5) is 4.39 Å². The van der Waals surface area contributed by atoms with Crippen LogP contribution in [0.2, 0.25) is 0 Å². The third kappa shape index (κ3) is 4.02. The van der Waals surface area contributed by atoms with Gasteiger partial charge < -0.3 is 14.0 Å². The molecule has 0 fully saturated rings. The molecule has 4 rings (SSSR count). The van der Waals surface area contributed by atoms with Crippen LogP contribution in [0.15, 0.2) is 53.1 Å². The van der Waals surface area contributed by atoms with Crippen LogP contribution in [0, 0.1) is 5.82 Å². The lowest BCUT2D eigenvalue weighted by molar-refractivity contribution is -0.146. The minimum absolute atomic E-state index is 0.0171. The van der Waals surface area contributed by atoms with E-state index in [0.717, 1.165) is 4.90 Å². The Morgan fingerprint density at radius 1 is 1.00 bits per heavy atom. The summed E-state index contributed by atoms with van der Waals surface area (Å²) in [6, 6.07) is 11.7. The molecule has 30 heavy (non-hydrogen) atoms. The lowest BCUT2D eigenvalue weighted by Crippen LogP contribution is -2.35. The summed E-state index contributed by atoms with van der Waals surface area (Å²) in [5.41, 5.74) is 0.496.